The monoisotopic (exact) mass is 370 g/mol. The van der Waals surface area contributed by atoms with E-state index in [0.29, 0.717) is 18.2 Å². The van der Waals surface area contributed by atoms with Crippen molar-refractivity contribution in [2.45, 2.75) is 25.3 Å². The number of halogens is 1. The van der Waals surface area contributed by atoms with Gasteiger partial charge in [-0.25, -0.2) is 0 Å². The molecule has 2 rings (SSSR count). The zero-order valence-corrected chi connectivity index (χ0v) is 14.9. The minimum Gasteiger partial charge on any atom is -0.352 e. The fourth-order valence-corrected chi connectivity index (χ4v) is 2.72. The molecule has 0 spiro atoms. The highest BCUT2D eigenvalue weighted by molar-refractivity contribution is 5.94. The van der Waals surface area contributed by atoms with E-state index in [-0.39, 0.29) is 42.9 Å². The number of benzene rings is 1. The molecule has 0 aliphatic carbocycles. The van der Waals surface area contributed by atoms with Crippen molar-refractivity contribution in [3.63, 3.8) is 0 Å². The predicted molar refractivity (Wildman–Crippen MR) is 96.0 cm³/mol. The van der Waals surface area contributed by atoms with Gasteiger partial charge in [-0.3, -0.25) is 19.7 Å². The van der Waals surface area contributed by atoms with E-state index in [4.69, 9.17) is 0 Å². The largest absolute Gasteiger partial charge is 0.352 e. The Labute approximate surface area is 152 Å². The van der Waals surface area contributed by atoms with Crippen molar-refractivity contribution in [2.24, 2.45) is 0 Å². The van der Waals surface area contributed by atoms with Crippen LogP contribution in [0.25, 0.3) is 0 Å². The van der Waals surface area contributed by atoms with Crippen LogP contribution < -0.4 is 10.6 Å². The highest BCUT2D eigenvalue weighted by atomic mass is 35.5. The first-order chi connectivity index (χ1) is 11.5. The van der Waals surface area contributed by atoms with E-state index in [9.17, 15) is 19.7 Å². The molecule has 1 aliphatic rings. The summed E-state index contributed by atoms with van der Waals surface area (Å²) < 4.78 is 0. The lowest BCUT2D eigenvalue weighted by molar-refractivity contribution is -0.384. The molecule has 0 saturated carbocycles. The maximum Gasteiger partial charge on any atom is 0.269 e. The van der Waals surface area contributed by atoms with Gasteiger partial charge in [-0.2, -0.15) is 0 Å². The number of carbonyl (C=O) groups excluding carboxylic acids is 2. The molecule has 1 heterocycles. The van der Waals surface area contributed by atoms with E-state index in [1.54, 1.807) is 0 Å². The molecule has 1 unspecified atom stereocenters. The molecule has 1 atom stereocenters. The number of nitrogens with zero attached hydrogens (tertiary/aromatic N) is 2. The Kier molecular flexibility index (Phi) is 8.30. The second kappa shape index (κ2) is 9.95. The molecule has 2 N–H and O–H groups in total. The lowest BCUT2D eigenvalue weighted by atomic mass is 10.1. The van der Waals surface area contributed by atoms with Crippen molar-refractivity contribution >= 4 is 29.9 Å². The zero-order chi connectivity index (χ0) is 17.5. The van der Waals surface area contributed by atoms with Gasteiger partial charge in [0, 0.05) is 49.8 Å². The minimum absolute atomic E-state index is 0. The standard InChI is InChI=1S/C16H22N4O4.ClH/c1-17-13-3-2-10-19(11-13)15(21)8-9-18-16(22)12-4-6-14(7-5-12)20(23)24;/h4-7,13,17H,2-3,8-11H2,1H3,(H,18,22);1H. The first-order valence-corrected chi connectivity index (χ1v) is 7.99. The normalized spacial score (nSPS) is 16.7. The number of piperidine rings is 1. The third kappa shape index (κ3) is 5.99. The number of non-ortho nitro benzene ring substituents is 1. The third-order valence-electron chi connectivity index (χ3n) is 4.15. The Bertz CT molecular complexity index is 609. The van der Waals surface area contributed by atoms with Crippen LogP contribution in [0.1, 0.15) is 29.6 Å². The number of hydrogen-bond acceptors (Lipinski definition) is 5. The van der Waals surface area contributed by atoms with E-state index >= 15 is 0 Å². The van der Waals surface area contributed by atoms with Crippen molar-refractivity contribution in [1.29, 1.82) is 0 Å². The highest BCUT2D eigenvalue weighted by Crippen LogP contribution is 2.12. The Morgan fingerprint density at radius 3 is 2.60 bits per heavy atom. The van der Waals surface area contributed by atoms with E-state index < -0.39 is 4.92 Å². The minimum atomic E-state index is -0.516. The molecule has 0 radical (unpaired) electrons. The predicted octanol–water partition coefficient (Wildman–Crippen LogP) is 1.35. The number of amides is 2. The van der Waals surface area contributed by atoms with Crippen LogP contribution in [0.5, 0.6) is 0 Å². The Morgan fingerprint density at radius 1 is 1.32 bits per heavy atom. The van der Waals surface area contributed by atoms with Crippen LogP contribution in [0.4, 0.5) is 5.69 Å². The average molecular weight is 371 g/mol. The Balaban J connectivity index is 0.00000312. The Morgan fingerprint density at radius 2 is 2.00 bits per heavy atom. The number of rotatable bonds is 6. The van der Waals surface area contributed by atoms with Gasteiger partial charge in [0.15, 0.2) is 0 Å². The van der Waals surface area contributed by atoms with E-state index in [1.807, 2.05) is 11.9 Å². The van der Waals surface area contributed by atoms with Gasteiger partial charge in [-0.1, -0.05) is 0 Å². The molecule has 0 bridgehead atoms. The molecule has 9 heteroatoms. The van der Waals surface area contributed by atoms with Crippen molar-refractivity contribution in [2.75, 3.05) is 26.7 Å². The van der Waals surface area contributed by atoms with Gasteiger partial charge in [0.05, 0.1) is 4.92 Å². The number of likely N-dealkylation sites (N-methyl/N-ethyl adjacent to an activating group) is 1. The topological polar surface area (TPSA) is 105 Å². The van der Waals surface area contributed by atoms with Gasteiger partial charge in [-0.15, -0.1) is 12.4 Å². The number of nitro benzene ring substituents is 1. The second-order valence-corrected chi connectivity index (χ2v) is 5.78. The molecular formula is C16H23ClN4O4. The second-order valence-electron chi connectivity index (χ2n) is 5.78. The summed E-state index contributed by atoms with van der Waals surface area (Å²) in [6, 6.07) is 5.70. The summed E-state index contributed by atoms with van der Waals surface area (Å²) in [4.78, 5) is 36.0. The van der Waals surface area contributed by atoms with Crippen LogP contribution in [-0.4, -0.2) is 54.4 Å². The maximum atomic E-state index is 12.2. The molecule has 1 aliphatic heterocycles. The number of nitro groups is 1. The first-order valence-electron chi connectivity index (χ1n) is 7.99. The molecule has 8 nitrogen and oxygen atoms in total. The summed E-state index contributed by atoms with van der Waals surface area (Å²) in [5, 5.41) is 16.4. The summed E-state index contributed by atoms with van der Waals surface area (Å²) in [6.45, 7) is 1.70. The SMILES string of the molecule is CNC1CCCN(C(=O)CCNC(=O)c2ccc([N+](=O)[O-])cc2)C1.Cl. The molecule has 1 aromatic carbocycles. The maximum absolute atomic E-state index is 12.2. The summed E-state index contributed by atoms with van der Waals surface area (Å²) >= 11 is 0. The van der Waals surface area contributed by atoms with Gasteiger partial charge >= 0.3 is 0 Å². The summed E-state index contributed by atoms with van der Waals surface area (Å²) in [7, 11) is 1.89. The van der Waals surface area contributed by atoms with Gasteiger partial charge in [0.25, 0.3) is 11.6 Å². The number of hydrogen-bond donors (Lipinski definition) is 2. The molecule has 1 fully saturated rings. The smallest absolute Gasteiger partial charge is 0.269 e. The van der Waals surface area contributed by atoms with E-state index in [2.05, 4.69) is 10.6 Å². The fraction of sp³-hybridized carbons (Fsp3) is 0.500. The molecule has 1 saturated heterocycles. The van der Waals surface area contributed by atoms with E-state index in [0.717, 1.165) is 19.4 Å². The molecular weight excluding hydrogens is 348 g/mol. The van der Waals surface area contributed by atoms with Crippen LogP contribution in [0.3, 0.4) is 0 Å². The molecule has 138 valence electrons. The summed E-state index contributed by atoms with van der Waals surface area (Å²) in [6.07, 6.45) is 2.29. The molecule has 25 heavy (non-hydrogen) atoms. The highest BCUT2D eigenvalue weighted by Gasteiger charge is 2.22. The third-order valence-corrected chi connectivity index (χ3v) is 4.15. The van der Waals surface area contributed by atoms with Crippen LogP contribution in [-0.2, 0) is 4.79 Å². The van der Waals surface area contributed by atoms with Gasteiger partial charge in [0.2, 0.25) is 5.91 Å². The van der Waals surface area contributed by atoms with Gasteiger partial charge < -0.3 is 15.5 Å². The number of nitrogens with one attached hydrogen (secondary N) is 2. The lowest BCUT2D eigenvalue weighted by Crippen LogP contribution is -2.47. The lowest BCUT2D eigenvalue weighted by Gasteiger charge is -2.32. The number of likely N-dealkylation sites (tertiary alicyclic amines) is 1. The number of carbonyl (C=O) groups is 2. The van der Waals surface area contributed by atoms with Crippen molar-refractivity contribution in [3.8, 4) is 0 Å². The summed E-state index contributed by atoms with van der Waals surface area (Å²) in [5.74, 6) is -0.316. The average Bonchev–Trinajstić information content (AvgIpc) is 2.61. The quantitative estimate of drug-likeness (QED) is 0.581. The molecule has 1 aromatic rings. The van der Waals surface area contributed by atoms with Crippen LogP contribution in [0.2, 0.25) is 0 Å². The fourth-order valence-electron chi connectivity index (χ4n) is 2.72. The van der Waals surface area contributed by atoms with Crippen molar-refractivity contribution in [1.82, 2.24) is 15.5 Å². The molecule has 2 amide bonds. The molecule has 0 aromatic heterocycles. The van der Waals surface area contributed by atoms with Crippen molar-refractivity contribution < 1.29 is 14.5 Å². The summed E-state index contributed by atoms with van der Waals surface area (Å²) in [5.41, 5.74) is 0.271. The zero-order valence-electron chi connectivity index (χ0n) is 14.1. The first kappa shape index (κ1) is 20.9. The van der Waals surface area contributed by atoms with Crippen LogP contribution >= 0.6 is 12.4 Å². The van der Waals surface area contributed by atoms with Crippen molar-refractivity contribution in [3.05, 3.63) is 39.9 Å². The van der Waals surface area contributed by atoms with E-state index in [1.165, 1.54) is 24.3 Å². The van der Waals surface area contributed by atoms with Crippen LogP contribution in [0.15, 0.2) is 24.3 Å². The van der Waals surface area contributed by atoms with Gasteiger partial charge in [-0.05, 0) is 32.0 Å². The Hall–Kier alpha value is -2.19. The van der Waals surface area contributed by atoms with Gasteiger partial charge in [0.1, 0.15) is 0 Å². The van der Waals surface area contributed by atoms with Crippen LogP contribution in [0, 0.1) is 10.1 Å².